The Morgan fingerprint density at radius 1 is 1.32 bits per heavy atom. The summed E-state index contributed by atoms with van der Waals surface area (Å²) in [6.45, 7) is 2.56. The van der Waals surface area contributed by atoms with Crippen LogP contribution < -0.4 is 5.32 Å². The second-order valence-corrected chi connectivity index (χ2v) is 6.76. The van der Waals surface area contributed by atoms with Crippen LogP contribution in [-0.2, 0) is 11.2 Å². The Bertz CT molecular complexity index is 572. The quantitative estimate of drug-likeness (QED) is 0.673. The summed E-state index contributed by atoms with van der Waals surface area (Å²) in [6.07, 6.45) is 3.35. The van der Waals surface area contributed by atoms with E-state index in [1.165, 1.54) is 0 Å². The number of urea groups is 1. The van der Waals surface area contributed by atoms with Crippen LogP contribution in [0, 0.1) is 0 Å². The molecule has 3 N–H and O–H groups in total. The number of hydrogen-bond donors (Lipinski definition) is 3. The van der Waals surface area contributed by atoms with Crippen LogP contribution in [0.25, 0.3) is 0 Å². The zero-order valence-corrected chi connectivity index (χ0v) is 14.8. The molecule has 0 spiro atoms. The monoisotopic (exact) mass is 348 g/mol. The first kappa shape index (κ1) is 19.2. The third-order valence-electron chi connectivity index (χ3n) is 5.15. The van der Waals surface area contributed by atoms with E-state index in [1.807, 2.05) is 37.3 Å². The first-order valence-corrected chi connectivity index (χ1v) is 8.95. The Hall–Kier alpha value is -2.08. The van der Waals surface area contributed by atoms with Gasteiger partial charge in [0.25, 0.3) is 0 Å². The van der Waals surface area contributed by atoms with E-state index in [0.29, 0.717) is 25.8 Å². The van der Waals surface area contributed by atoms with Gasteiger partial charge in [0, 0.05) is 19.0 Å². The minimum absolute atomic E-state index is 0.0106. The minimum Gasteiger partial charge on any atom is -0.481 e. The second kappa shape index (κ2) is 8.85. The number of likely N-dealkylation sites (tertiary alicyclic amines) is 1. The van der Waals surface area contributed by atoms with Crippen LogP contribution in [0.1, 0.15) is 44.6 Å². The number of carboxylic acid groups (broad SMARTS) is 1. The number of hydrogen-bond acceptors (Lipinski definition) is 3. The summed E-state index contributed by atoms with van der Waals surface area (Å²) in [6, 6.07) is 9.27. The highest BCUT2D eigenvalue weighted by Gasteiger charge is 2.42. The molecule has 0 aliphatic carbocycles. The smallest absolute Gasteiger partial charge is 0.318 e. The molecule has 1 aromatic rings. The van der Waals surface area contributed by atoms with Gasteiger partial charge in [-0.1, -0.05) is 37.3 Å². The Labute approximate surface area is 148 Å². The van der Waals surface area contributed by atoms with Gasteiger partial charge in [-0.25, -0.2) is 4.79 Å². The second-order valence-electron chi connectivity index (χ2n) is 6.76. The van der Waals surface area contributed by atoms with Crippen molar-refractivity contribution in [3.05, 3.63) is 35.9 Å². The number of aliphatic hydroxyl groups is 1. The number of aliphatic hydroxyl groups excluding tert-OH is 1. The van der Waals surface area contributed by atoms with E-state index in [0.717, 1.165) is 18.4 Å². The third kappa shape index (κ3) is 4.95. The molecule has 0 saturated carbocycles. The fraction of sp³-hybridized carbons (Fsp3) is 0.579. The SMILES string of the molecule is CCC1(CO)CCCN1C(=O)NC(CCC(=O)O)Cc1ccccc1. The van der Waals surface area contributed by atoms with Gasteiger partial charge in [-0.05, 0) is 37.7 Å². The van der Waals surface area contributed by atoms with E-state index >= 15 is 0 Å². The number of amides is 2. The van der Waals surface area contributed by atoms with Crippen molar-refractivity contribution in [2.45, 2.75) is 57.0 Å². The van der Waals surface area contributed by atoms with Gasteiger partial charge in [-0.15, -0.1) is 0 Å². The Morgan fingerprint density at radius 3 is 2.64 bits per heavy atom. The van der Waals surface area contributed by atoms with E-state index in [9.17, 15) is 14.7 Å². The molecule has 0 radical (unpaired) electrons. The highest BCUT2D eigenvalue weighted by atomic mass is 16.4. The maximum Gasteiger partial charge on any atom is 0.318 e. The summed E-state index contributed by atoms with van der Waals surface area (Å²) in [4.78, 5) is 25.4. The molecule has 1 aliphatic rings. The average Bonchev–Trinajstić information content (AvgIpc) is 3.05. The molecule has 1 saturated heterocycles. The van der Waals surface area contributed by atoms with Crippen molar-refractivity contribution in [3.8, 4) is 0 Å². The van der Waals surface area contributed by atoms with Gasteiger partial charge in [0.2, 0.25) is 0 Å². The zero-order chi connectivity index (χ0) is 18.3. The van der Waals surface area contributed by atoms with E-state index in [-0.39, 0.29) is 25.1 Å². The van der Waals surface area contributed by atoms with Crippen LogP contribution in [0.4, 0.5) is 4.79 Å². The molecule has 2 unspecified atom stereocenters. The summed E-state index contributed by atoms with van der Waals surface area (Å²) in [5.41, 5.74) is 0.567. The maximum atomic E-state index is 12.8. The zero-order valence-electron chi connectivity index (χ0n) is 14.8. The number of benzene rings is 1. The molecule has 0 bridgehead atoms. The van der Waals surface area contributed by atoms with Crippen LogP contribution in [0.2, 0.25) is 0 Å². The molecule has 1 aliphatic heterocycles. The predicted molar refractivity (Wildman–Crippen MR) is 95.4 cm³/mol. The molecule has 138 valence electrons. The Balaban J connectivity index is 2.06. The molecule has 1 fully saturated rings. The van der Waals surface area contributed by atoms with Crippen LogP contribution in [0.15, 0.2) is 30.3 Å². The number of aliphatic carboxylic acids is 1. The molecular weight excluding hydrogens is 320 g/mol. The molecule has 2 rings (SSSR count). The normalized spacial score (nSPS) is 21.1. The molecule has 2 amide bonds. The van der Waals surface area contributed by atoms with Gasteiger partial charge in [0.15, 0.2) is 0 Å². The van der Waals surface area contributed by atoms with Crippen LogP contribution in [-0.4, -0.2) is 51.8 Å². The number of nitrogens with zero attached hydrogens (tertiary/aromatic N) is 1. The van der Waals surface area contributed by atoms with Crippen molar-refractivity contribution in [2.75, 3.05) is 13.2 Å². The number of carbonyl (C=O) groups excluding carboxylic acids is 1. The fourth-order valence-corrected chi connectivity index (χ4v) is 3.57. The van der Waals surface area contributed by atoms with Gasteiger partial charge >= 0.3 is 12.0 Å². The van der Waals surface area contributed by atoms with Crippen LogP contribution in [0.5, 0.6) is 0 Å². The van der Waals surface area contributed by atoms with Crippen molar-refractivity contribution >= 4 is 12.0 Å². The lowest BCUT2D eigenvalue weighted by Gasteiger charge is -2.37. The van der Waals surface area contributed by atoms with E-state index in [2.05, 4.69) is 5.32 Å². The molecule has 25 heavy (non-hydrogen) atoms. The van der Waals surface area contributed by atoms with Gasteiger partial charge < -0.3 is 20.4 Å². The number of carbonyl (C=O) groups is 2. The summed E-state index contributed by atoms with van der Waals surface area (Å²) < 4.78 is 0. The number of rotatable bonds is 8. The highest BCUT2D eigenvalue weighted by Crippen LogP contribution is 2.32. The first-order chi connectivity index (χ1) is 12.0. The Morgan fingerprint density at radius 2 is 2.04 bits per heavy atom. The lowest BCUT2D eigenvalue weighted by atomic mass is 9.94. The van der Waals surface area contributed by atoms with Crippen molar-refractivity contribution in [1.29, 1.82) is 0 Å². The van der Waals surface area contributed by atoms with Crippen molar-refractivity contribution in [2.24, 2.45) is 0 Å². The van der Waals surface area contributed by atoms with E-state index in [4.69, 9.17) is 5.11 Å². The van der Waals surface area contributed by atoms with Crippen molar-refractivity contribution in [3.63, 3.8) is 0 Å². The Kier molecular flexibility index (Phi) is 6.82. The predicted octanol–water partition coefficient (Wildman–Crippen LogP) is 2.41. The number of nitrogens with one attached hydrogen (secondary N) is 1. The van der Waals surface area contributed by atoms with Crippen LogP contribution >= 0.6 is 0 Å². The standard InChI is InChI=1S/C19H28N2O4/c1-2-19(14-22)11-6-12-21(19)18(25)20-16(9-10-17(23)24)13-15-7-4-3-5-8-15/h3-5,7-8,16,22H,2,6,9-14H2,1H3,(H,20,25)(H,23,24). The molecule has 1 aromatic carbocycles. The molecule has 6 nitrogen and oxygen atoms in total. The van der Waals surface area contributed by atoms with Crippen molar-refractivity contribution in [1.82, 2.24) is 10.2 Å². The lowest BCUT2D eigenvalue weighted by Crippen LogP contribution is -2.55. The topological polar surface area (TPSA) is 89.9 Å². The number of carboxylic acids is 1. The minimum atomic E-state index is -0.869. The van der Waals surface area contributed by atoms with Crippen molar-refractivity contribution < 1.29 is 19.8 Å². The van der Waals surface area contributed by atoms with Gasteiger partial charge in [-0.3, -0.25) is 4.79 Å². The van der Waals surface area contributed by atoms with Gasteiger partial charge in [0.05, 0.1) is 12.1 Å². The van der Waals surface area contributed by atoms with Gasteiger partial charge in [0.1, 0.15) is 0 Å². The molecule has 0 aromatic heterocycles. The molecule has 6 heteroatoms. The maximum absolute atomic E-state index is 12.8. The summed E-state index contributed by atoms with van der Waals surface area (Å²) in [5.74, 6) is -0.869. The molecule has 1 heterocycles. The average molecular weight is 348 g/mol. The highest BCUT2D eigenvalue weighted by molar-refractivity contribution is 5.76. The molecular formula is C19H28N2O4. The summed E-state index contributed by atoms with van der Waals surface area (Å²) in [7, 11) is 0. The lowest BCUT2D eigenvalue weighted by molar-refractivity contribution is -0.137. The summed E-state index contributed by atoms with van der Waals surface area (Å²) in [5, 5.41) is 21.8. The largest absolute Gasteiger partial charge is 0.481 e. The summed E-state index contributed by atoms with van der Waals surface area (Å²) >= 11 is 0. The fourth-order valence-electron chi connectivity index (χ4n) is 3.57. The third-order valence-corrected chi connectivity index (χ3v) is 5.15. The van der Waals surface area contributed by atoms with E-state index < -0.39 is 11.5 Å². The van der Waals surface area contributed by atoms with Crippen LogP contribution in [0.3, 0.4) is 0 Å². The van der Waals surface area contributed by atoms with Gasteiger partial charge in [-0.2, -0.15) is 0 Å². The molecule has 2 atom stereocenters. The van der Waals surface area contributed by atoms with E-state index in [1.54, 1.807) is 4.90 Å². The first-order valence-electron chi connectivity index (χ1n) is 8.95.